The maximum Gasteiger partial charge on any atom is 0.251 e. The van der Waals surface area contributed by atoms with E-state index in [1.807, 2.05) is 59.5 Å². The van der Waals surface area contributed by atoms with Crippen molar-refractivity contribution in [3.05, 3.63) is 60.2 Å². The van der Waals surface area contributed by atoms with E-state index < -0.39 is 6.04 Å². The van der Waals surface area contributed by atoms with Crippen molar-refractivity contribution in [3.63, 3.8) is 0 Å². The molecule has 1 unspecified atom stereocenters. The van der Waals surface area contributed by atoms with Crippen molar-refractivity contribution in [2.45, 2.75) is 38.6 Å². The van der Waals surface area contributed by atoms with Crippen LogP contribution in [0.25, 0.3) is 11.1 Å². The second-order valence-corrected chi connectivity index (χ2v) is 7.96. The lowest BCUT2D eigenvalue weighted by Crippen LogP contribution is -2.49. The van der Waals surface area contributed by atoms with E-state index in [4.69, 9.17) is 0 Å². The maximum absolute atomic E-state index is 12.6. The Bertz CT molecular complexity index is 815. The number of piperidine rings is 1. The van der Waals surface area contributed by atoms with Gasteiger partial charge in [-0.1, -0.05) is 42.5 Å². The van der Waals surface area contributed by atoms with Gasteiger partial charge in [0, 0.05) is 18.7 Å². The Hall–Kier alpha value is -2.62. The van der Waals surface area contributed by atoms with Crippen LogP contribution in [0.2, 0.25) is 0 Å². The van der Waals surface area contributed by atoms with Crippen molar-refractivity contribution in [1.29, 1.82) is 0 Å². The Morgan fingerprint density at radius 1 is 0.889 bits per heavy atom. The SMILES string of the molecule is CC(NC(=O)c1ccc(-c2ccccc2)cc1)C(=O)N1CCC2(CC1)CC2. The average Bonchev–Trinajstić information content (AvgIpc) is 3.47. The van der Waals surface area contributed by atoms with Crippen LogP contribution in [0, 0.1) is 5.41 Å². The topological polar surface area (TPSA) is 49.4 Å². The van der Waals surface area contributed by atoms with E-state index in [0.717, 1.165) is 37.1 Å². The van der Waals surface area contributed by atoms with Crippen LogP contribution in [0.3, 0.4) is 0 Å². The van der Waals surface area contributed by atoms with E-state index in [1.54, 1.807) is 6.92 Å². The molecule has 140 valence electrons. The Balaban J connectivity index is 1.34. The van der Waals surface area contributed by atoms with Gasteiger partial charge in [-0.05, 0) is 61.3 Å². The molecule has 4 rings (SSSR count). The van der Waals surface area contributed by atoms with Crippen molar-refractivity contribution in [1.82, 2.24) is 10.2 Å². The van der Waals surface area contributed by atoms with Gasteiger partial charge in [0.1, 0.15) is 6.04 Å². The number of carbonyl (C=O) groups is 2. The van der Waals surface area contributed by atoms with Crippen LogP contribution in [0.5, 0.6) is 0 Å². The van der Waals surface area contributed by atoms with Gasteiger partial charge in [0.05, 0.1) is 0 Å². The van der Waals surface area contributed by atoms with E-state index in [9.17, 15) is 9.59 Å². The number of rotatable bonds is 4. The van der Waals surface area contributed by atoms with Gasteiger partial charge in [-0.15, -0.1) is 0 Å². The number of likely N-dealkylation sites (tertiary alicyclic amines) is 1. The first-order valence-electron chi connectivity index (χ1n) is 9.82. The van der Waals surface area contributed by atoms with Gasteiger partial charge in [0.25, 0.3) is 5.91 Å². The number of nitrogens with zero attached hydrogens (tertiary/aromatic N) is 1. The highest BCUT2D eigenvalue weighted by atomic mass is 16.2. The largest absolute Gasteiger partial charge is 0.341 e. The Morgan fingerprint density at radius 3 is 2.07 bits per heavy atom. The summed E-state index contributed by atoms with van der Waals surface area (Å²) in [6, 6.07) is 17.1. The summed E-state index contributed by atoms with van der Waals surface area (Å²) in [7, 11) is 0. The predicted molar refractivity (Wildman–Crippen MR) is 106 cm³/mol. The summed E-state index contributed by atoms with van der Waals surface area (Å²) in [5, 5.41) is 2.86. The lowest BCUT2D eigenvalue weighted by atomic mass is 9.93. The molecule has 2 amide bonds. The highest BCUT2D eigenvalue weighted by molar-refractivity contribution is 5.97. The molecule has 1 saturated carbocycles. The van der Waals surface area contributed by atoms with Crippen LogP contribution in [0.4, 0.5) is 0 Å². The van der Waals surface area contributed by atoms with Crippen LogP contribution in [0.1, 0.15) is 43.0 Å². The molecular formula is C23H26N2O2. The molecule has 1 N–H and O–H groups in total. The van der Waals surface area contributed by atoms with Crippen molar-refractivity contribution in [2.24, 2.45) is 5.41 Å². The van der Waals surface area contributed by atoms with Crippen molar-refractivity contribution in [3.8, 4) is 11.1 Å². The first-order valence-corrected chi connectivity index (χ1v) is 9.82. The van der Waals surface area contributed by atoms with Crippen molar-refractivity contribution >= 4 is 11.8 Å². The van der Waals surface area contributed by atoms with Crippen molar-refractivity contribution < 1.29 is 9.59 Å². The summed E-state index contributed by atoms with van der Waals surface area (Å²) in [4.78, 5) is 27.1. The van der Waals surface area contributed by atoms with Gasteiger partial charge < -0.3 is 10.2 Å². The minimum absolute atomic E-state index is 0.0276. The molecule has 2 aliphatic rings. The molecule has 2 aromatic carbocycles. The normalized spacial score (nSPS) is 18.8. The number of hydrogen-bond donors (Lipinski definition) is 1. The van der Waals surface area contributed by atoms with Crippen LogP contribution in [-0.4, -0.2) is 35.8 Å². The van der Waals surface area contributed by atoms with E-state index in [2.05, 4.69) is 5.32 Å². The minimum atomic E-state index is -0.500. The summed E-state index contributed by atoms with van der Waals surface area (Å²) < 4.78 is 0. The zero-order valence-corrected chi connectivity index (χ0v) is 15.8. The summed E-state index contributed by atoms with van der Waals surface area (Å²) >= 11 is 0. The third-order valence-electron chi connectivity index (χ3n) is 6.07. The molecule has 0 bridgehead atoms. The average molecular weight is 362 g/mol. The molecule has 0 aromatic heterocycles. The molecule has 1 atom stereocenters. The highest BCUT2D eigenvalue weighted by Crippen LogP contribution is 2.53. The molecule has 4 heteroatoms. The Labute approximate surface area is 160 Å². The minimum Gasteiger partial charge on any atom is -0.341 e. The molecule has 27 heavy (non-hydrogen) atoms. The fourth-order valence-electron chi connectivity index (χ4n) is 3.94. The summed E-state index contributed by atoms with van der Waals surface area (Å²) in [6.07, 6.45) is 4.86. The number of amides is 2. The third-order valence-corrected chi connectivity index (χ3v) is 6.07. The Kier molecular flexibility index (Phi) is 4.73. The summed E-state index contributed by atoms with van der Waals surface area (Å²) in [5.74, 6) is -0.175. The molecule has 1 heterocycles. The number of nitrogens with one attached hydrogen (secondary N) is 1. The molecule has 1 spiro atoms. The predicted octanol–water partition coefficient (Wildman–Crippen LogP) is 3.87. The monoisotopic (exact) mass is 362 g/mol. The molecule has 0 radical (unpaired) electrons. The lowest BCUT2D eigenvalue weighted by Gasteiger charge is -2.33. The zero-order chi connectivity index (χ0) is 18.9. The summed E-state index contributed by atoms with van der Waals surface area (Å²) in [5.41, 5.74) is 3.30. The lowest BCUT2D eigenvalue weighted by molar-refractivity contribution is -0.134. The second-order valence-electron chi connectivity index (χ2n) is 7.96. The Morgan fingerprint density at radius 2 is 1.48 bits per heavy atom. The van der Waals surface area contributed by atoms with Crippen LogP contribution < -0.4 is 5.32 Å². The smallest absolute Gasteiger partial charge is 0.251 e. The first-order chi connectivity index (χ1) is 13.1. The standard InChI is InChI=1S/C23H26N2O2/c1-17(22(27)25-15-13-23(11-12-23)14-16-25)24-21(26)20-9-7-19(8-10-20)18-5-3-2-4-6-18/h2-10,17H,11-16H2,1H3,(H,24,26). The molecule has 2 fully saturated rings. The fourth-order valence-corrected chi connectivity index (χ4v) is 3.94. The van der Waals surface area contributed by atoms with E-state index in [1.165, 1.54) is 12.8 Å². The molecule has 1 aliphatic carbocycles. The van der Waals surface area contributed by atoms with Gasteiger partial charge in [-0.25, -0.2) is 0 Å². The second kappa shape index (κ2) is 7.18. The van der Waals surface area contributed by atoms with Gasteiger partial charge in [-0.2, -0.15) is 0 Å². The van der Waals surface area contributed by atoms with Gasteiger partial charge >= 0.3 is 0 Å². The van der Waals surface area contributed by atoms with E-state index in [0.29, 0.717) is 11.0 Å². The third kappa shape index (κ3) is 3.90. The molecular weight excluding hydrogens is 336 g/mol. The van der Waals surface area contributed by atoms with Crippen LogP contribution in [-0.2, 0) is 4.79 Å². The number of carbonyl (C=O) groups excluding carboxylic acids is 2. The number of benzene rings is 2. The number of hydrogen-bond acceptors (Lipinski definition) is 2. The highest BCUT2D eigenvalue weighted by Gasteiger charge is 2.45. The van der Waals surface area contributed by atoms with Crippen LogP contribution in [0.15, 0.2) is 54.6 Å². The van der Waals surface area contributed by atoms with E-state index >= 15 is 0 Å². The molecule has 2 aromatic rings. The molecule has 4 nitrogen and oxygen atoms in total. The van der Waals surface area contributed by atoms with Crippen LogP contribution >= 0.6 is 0 Å². The zero-order valence-electron chi connectivity index (χ0n) is 15.8. The molecule has 1 saturated heterocycles. The van der Waals surface area contributed by atoms with Crippen molar-refractivity contribution in [2.75, 3.05) is 13.1 Å². The van der Waals surface area contributed by atoms with Gasteiger partial charge in [-0.3, -0.25) is 9.59 Å². The van der Waals surface area contributed by atoms with Gasteiger partial charge in [0.15, 0.2) is 0 Å². The molecule has 1 aliphatic heterocycles. The summed E-state index contributed by atoms with van der Waals surface area (Å²) in [6.45, 7) is 3.43. The quantitative estimate of drug-likeness (QED) is 0.897. The van der Waals surface area contributed by atoms with E-state index in [-0.39, 0.29) is 11.8 Å². The van der Waals surface area contributed by atoms with Gasteiger partial charge in [0.2, 0.25) is 5.91 Å². The maximum atomic E-state index is 12.6. The first kappa shape index (κ1) is 17.8. The fraction of sp³-hybridized carbons (Fsp3) is 0.391.